The molecule has 7 nitrogen and oxygen atoms in total. The first-order chi connectivity index (χ1) is 12.0. The summed E-state index contributed by atoms with van der Waals surface area (Å²) in [5.41, 5.74) is 13.2. The molecule has 1 atom stereocenters. The molecule has 4 rings (SSSR count). The zero-order valence-corrected chi connectivity index (χ0v) is 14.7. The summed E-state index contributed by atoms with van der Waals surface area (Å²) in [7, 11) is 1.96. The first-order valence-electron chi connectivity index (χ1n) is 7.79. The summed E-state index contributed by atoms with van der Waals surface area (Å²) in [4.78, 5) is 19.1. The van der Waals surface area contributed by atoms with Gasteiger partial charge in [-0.25, -0.2) is 4.98 Å². The molecule has 1 aromatic carbocycles. The second kappa shape index (κ2) is 5.82. The summed E-state index contributed by atoms with van der Waals surface area (Å²) in [5, 5.41) is 4.04. The summed E-state index contributed by atoms with van der Waals surface area (Å²) in [6.07, 6.45) is 1.64. The predicted octanol–water partition coefficient (Wildman–Crippen LogP) is 3.00. The third-order valence-corrected chi connectivity index (χ3v) is 5.33. The monoisotopic (exact) mass is 351 g/mol. The number of thiophene rings is 1. The van der Waals surface area contributed by atoms with Gasteiger partial charge in [0.05, 0.1) is 11.4 Å². The maximum atomic E-state index is 5.86. The molecule has 4 aromatic rings. The normalized spacial score (nSPS) is 12.6. The highest BCUT2D eigenvalue weighted by atomic mass is 32.1. The number of rotatable bonds is 3. The third-order valence-electron chi connectivity index (χ3n) is 4.34. The van der Waals surface area contributed by atoms with Gasteiger partial charge in [0.25, 0.3) is 0 Å². The number of nitrogen functional groups attached to an aromatic ring is 2. The van der Waals surface area contributed by atoms with Crippen molar-refractivity contribution in [3.8, 4) is 0 Å². The van der Waals surface area contributed by atoms with Crippen molar-refractivity contribution in [3.63, 3.8) is 0 Å². The smallest absolute Gasteiger partial charge is 0.227 e. The van der Waals surface area contributed by atoms with Crippen LogP contribution in [-0.2, 0) is 0 Å². The number of nitrogens with two attached hydrogens (primary N) is 2. The lowest BCUT2D eigenvalue weighted by Crippen LogP contribution is -2.23. The van der Waals surface area contributed by atoms with E-state index in [0.717, 1.165) is 0 Å². The van der Waals surface area contributed by atoms with Gasteiger partial charge in [-0.15, -0.1) is 11.3 Å². The molecule has 25 heavy (non-hydrogen) atoms. The highest BCUT2D eigenvalue weighted by Crippen LogP contribution is 2.33. The Morgan fingerprint density at radius 2 is 1.88 bits per heavy atom. The Labute approximate surface area is 148 Å². The maximum Gasteiger partial charge on any atom is 0.227 e. The molecular weight excluding hydrogens is 334 g/mol. The quantitative estimate of drug-likeness (QED) is 0.584. The number of benzene rings is 1. The van der Waals surface area contributed by atoms with Crippen LogP contribution in [0.4, 0.5) is 17.7 Å². The summed E-state index contributed by atoms with van der Waals surface area (Å²) in [6.45, 7) is 2.13. The molecule has 0 bridgehead atoms. The number of nitrogens with zero attached hydrogens (tertiary/aromatic N) is 5. The van der Waals surface area contributed by atoms with Crippen molar-refractivity contribution < 1.29 is 0 Å². The molecule has 1 unspecified atom stereocenters. The van der Waals surface area contributed by atoms with E-state index in [9.17, 15) is 0 Å². The Hall–Kier alpha value is -3.00. The van der Waals surface area contributed by atoms with Crippen LogP contribution in [0.3, 0.4) is 0 Å². The second-order valence-electron chi connectivity index (χ2n) is 5.85. The van der Waals surface area contributed by atoms with Crippen molar-refractivity contribution in [2.24, 2.45) is 0 Å². The first kappa shape index (κ1) is 15.5. The molecule has 0 aliphatic heterocycles. The largest absolute Gasteiger partial charge is 0.383 e. The standard InChI is InChI=1S/C17H17N7S/c1-9(12-8-25-13-6-4-3-5-10(12)13)24(2)17-20-7-11-14(18)21-16(19)22-15(11)23-17/h3-9H,1-2H3,(H4,18,19,20,21,22,23). The fourth-order valence-corrected chi connectivity index (χ4v) is 3.87. The molecule has 0 fully saturated rings. The molecule has 0 saturated carbocycles. The van der Waals surface area contributed by atoms with Crippen LogP contribution in [0.15, 0.2) is 35.8 Å². The Morgan fingerprint density at radius 3 is 2.72 bits per heavy atom. The molecule has 8 heteroatoms. The fraction of sp³-hybridized carbons (Fsp3) is 0.176. The summed E-state index contributed by atoms with van der Waals surface area (Å²) in [6, 6.07) is 8.48. The van der Waals surface area contributed by atoms with Crippen LogP contribution in [0.2, 0.25) is 0 Å². The Kier molecular flexibility index (Phi) is 3.61. The Bertz CT molecular complexity index is 1080. The van der Waals surface area contributed by atoms with Gasteiger partial charge >= 0.3 is 0 Å². The van der Waals surface area contributed by atoms with Gasteiger partial charge in [-0.1, -0.05) is 18.2 Å². The van der Waals surface area contributed by atoms with Gasteiger partial charge in [0.1, 0.15) is 5.82 Å². The van der Waals surface area contributed by atoms with Gasteiger partial charge in [-0.2, -0.15) is 15.0 Å². The first-order valence-corrected chi connectivity index (χ1v) is 8.67. The minimum Gasteiger partial charge on any atom is -0.383 e. The predicted molar refractivity (Wildman–Crippen MR) is 103 cm³/mol. The highest BCUT2D eigenvalue weighted by molar-refractivity contribution is 7.17. The van der Waals surface area contributed by atoms with E-state index in [4.69, 9.17) is 11.5 Å². The zero-order valence-electron chi connectivity index (χ0n) is 13.8. The van der Waals surface area contributed by atoms with Gasteiger partial charge in [0, 0.05) is 17.9 Å². The minimum absolute atomic E-state index is 0.102. The number of aromatic nitrogens is 4. The number of hydrogen-bond acceptors (Lipinski definition) is 8. The van der Waals surface area contributed by atoms with Crippen molar-refractivity contribution in [1.29, 1.82) is 0 Å². The summed E-state index contributed by atoms with van der Waals surface area (Å²) >= 11 is 1.74. The molecule has 3 aromatic heterocycles. The van der Waals surface area contributed by atoms with Crippen LogP contribution in [0, 0.1) is 0 Å². The maximum absolute atomic E-state index is 5.86. The molecule has 0 radical (unpaired) electrons. The molecule has 126 valence electrons. The van der Waals surface area contributed by atoms with E-state index < -0.39 is 0 Å². The zero-order chi connectivity index (χ0) is 17.6. The van der Waals surface area contributed by atoms with Crippen molar-refractivity contribution in [2.45, 2.75) is 13.0 Å². The molecule has 0 amide bonds. The van der Waals surface area contributed by atoms with Crippen molar-refractivity contribution >= 4 is 50.2 Å². The number of anilines is 3. The highest BCUT2D eigenvalue weighted by Gasteiger charge is 2.19. The van der Waals surface area contributed by atoms with Crippen molar-refractivity contribution in [2.75, 3.05) is 23.4 Å². The lowest BCUT2D eigenvalue weighted by atomic mass is 10.1. The number of fused-ring (bicyclic) bond motifs is 2. The van der Waals surface area contributed by atoms with E-state index in [1.54, 1.807) is 17.5 Å². The molecule has 0 saturated heterocycles. The minimum atomic E-state index is 0.102. The van der Waals surface area contributed by atoms with Gasteiger partial charge in [-0.3, -0.25) is 0 Å². The van der Waals surface area contributed by atoms with Crippen LogP contribution in [0.25, 0.3) is 21.1 Å². The Morgan fingerprint density at radius 1 is 1.08 bits per heavy atom. The van der Waals surface area contributed by atoms with E-state index in [-0.39, 0.29) is 17.8 Å². The molecule has 0 aliphatic carbocycles. The Balaban J connectivity index is 1.75. The average Bonchev–Trinajstić information content (AvgIpc) is 3.04. The molecule has 0 aliphatic rings. The van der Waals surface area contributed by atoms with Gasteiger partial charge in [0.15, 0.2) is 5.65 Å². The topological polar surface area (TPSA) is 107 Å². The van der Waals surface area contributed by atoms with Crippen LogP contribution >= 0.6 is 11.3 Å². The van der Waals surface area contributed by atoms with E-state index >= 15 is 0 Å². The molecule has 4 N–H and O–H groups in total. The molecular formula is C17H17N7S. The lowest BCUT2D eigenvalue weighted by Gasteiger charge is -2.25. The summed E-state index contributed by atoms with van der Waals surface area (Å²) < 4.78 is 1.27. The van der Waals surface area contributed by atoms with Gasteiger partial charge < -0.3 is 16.4 Å². The van der Waals surface area contributed by atoms with Crippen LogP contribution in [0.1, 0.15) is 18.5 Å². The summed E-state index contributed by atoms with van der Waals surface area (Å²) in [5.74, 6) is 0.954. The second-order valence-corrected chi connectivity index (χ2v) is 6.76. The van der Waals surface area contributed by atoms with Crippen molar-refractivity contribution in [1.82, 2.24) is 19.9 Å². The fourth-order valence-electron chi connectivity index (χ4n) is 2.82. The lowest BCUT2D eigenvalue weighted by molar-refractivity contribution is 0.724. The third kappa shape index (κ3) is 2.60. The SMILES string of the molecule is CC(c1csc2ccccc12)N(C)c1ncc2c(N)nc(N)nc2n1. The van der Waals surface area contributed by atoms with E-state index in [2.05, 4.69) is 56.5 Å². The van der Waals surface area contributed by atoms with Crippen molar-refractivity contribution in [3.05, 3.63) is 41.4 Å². The van der Waals surface area contributed by atoms with Crippen LogP contribution in [0.5, 0.6) is 0 Å². The average molecular weight is 351 g/mol. The van der Waals surface area contributed by atoms with E-state index in [1.165, 1.54) is 15.6 Å². The van der Waals surface area contributed by atoms with Crippen LogP contribution < -0.4 is 16.4 Å². The van der Waals surface area contributed by atoms with E-state index in [0.29, 0.717) is 17.0 Å². The van der Waals surface area contributed by atoms with Gasteiger partial charge in [-0.05, 0) is 29.3 Å². The van der Waals surface area contributed by atoms with E-state index in [1.807, 2.05) is 11.9 Å². The van der Waals surface area contributed by atoms with Crippen LogP contribution in [-0.4, -0.2) is 27.0 Å². The van der Waals surface area contributed by atoms with Gasteiger partial charge in [0.2, 0.25) is 11.9 Å². The molecule has 3 heterocycles. The molecule has 0 spiro atoms. The number of hydrogen-bond donors (Lipinski definition) is 2.